The summed E-state index contributed by atoms with van der Waals surface area (Å²) in [6.07, 6.45) is 2.03. The Hall–Kier alpha value is -0.580. The number of halogens is 1. The summed E-state index contributed by atoms with van der Waals surface area (Å²) in [6, 6.07) is 6.31. The Bertz CT molecular complexity index is 431. The SMILES string of the molecule is CC(C)c1ccc2ccn(I)c2n1. The van der Waals surface area contributed by atoms with E-state index in [1.54, 1.807) is 0 Å². The van der Waals surface area contributed by atoms with Gasteiger partial charge < -0.3 is 0 Å². The third kappa shape index (κ3) is 1.57. The van der Waals surface area contributed by atoms with E-state index in [1.807, 2.05) is 8.98 Å². The Morgan fingerprint density at radius 2 is 2.08 bits per heavy atom. The van der Waals surface area contributed by atoms with Gasteiger partial charge in [-0.1, -0.05) is 13.8 Å². The summed E-state index contributed by atoms with van der Waals surface area (Å²) in [4.78, 5) is 4.59. The van der Waals surface area contributed by atoms with Crippen LogP contribution in [-0.4, -0.2) is 7.76 Å². The van der Waals surface area contributed by atoms with Gasteiger partial charge in [0.05, 0.1) is 22.9 Å². The molecule has 0 aliphatic heterocycles. The molecule has 0 fully saturated rings. The molecule has 0 bridgehead atoms. The fourth-order valence-corrected chi connectivity index (χ4v) is 1.86. The second kappa shape index (κ2) is 3.29. The second-order valence-electron chi connectivity index (χ2n) is 3.43. The first-order chi connectivity index (χ1) is 6.18. The van der Waals surface area contributed by atoms with E-state index in [-0.39, 0.29) is 0 Å². The van der Waals surface area contributed by atoms with Crippen molar-refractivity contribution in [3.63, 3.8) is 0 Å². The minimum atomic E-state index is 0.496. The van der Waals surface area contributed by atoms with Gasteiger partial charge in [0.2, 0.25) is 0 Å². The van der Waals surface area contributed by atoms with E-state index in [4.69, 9.17) is 0 Å². The molecule has 2 rings (SSSR count). The van der Waals surface area contributed by atoms with Crippen LogP contribution < -0.4 is 0 Å². The van der Waals surface area contributed by atoms with Crippen LogP contribution in [0.5, 0.6) is 0 Å². The smallest absolute Gasteiger partial charge is 0.149 e. The number of fused-ring (bicyclic) bond motifs is 1. The van der Waals surface area contributed by atoms with Gasteiger partial charge in [-0.15, -0.1) is 0 Å². The standard InChI is InChI=1S/C10H11IN2/c1-7(2)9-4-3-8-5-6-13(11)10(8)12-9/h3-7H,1-2H3. The van der Waals surface area contributed by atoms with Crippen molar-refractivity contribution in [2.75, 3.05) is 0 Å². The lowest BCUT2D eigenvalue weighted by Crippen LogP contribution is -1.93. The molecule has 0 saturated heterocycles. The van der Waals surface area contributed by atoms with Gasteiger partial charge >= 0.3 is 0 Å². The van der Waals surface area contributed by atoms with Gasteiger partial charge in [0.1, 0.15) is 5.65 Å². The molecule has 0 atom stereocenters. The lowest BCUT2D eigenvalue weighted by molar-refractivity contribution is 0.828. The molecule has 0 aliphatic rings. The zero-order valence-corrected chi connectivity index (χ0v) is 9.82. The van der Waals surface area contributed by atoms with Gasteiger partial charge in [-0.05, 0) is 24.1 Å². The Labute approximate surface area is 91.5 Å². The van der Waals surface area contributed by atoms with Crippen molar-refractivity contribution in [2.45, 2.75) is 19.8 Å². The molecular weight excluding hydrogens is 275 g/mol. The van der Waals surface area contributed by atoms with Crippen molar-refractivity contribution in [3.8, 4) is 0 Å². The van der Waals surface area contributed by atoms with E-state index < -0.39 is 0 Å². The first-order valence-electron chi connectivity index (χ1n) is 4.32. The minimum Gasteiger partial charge on any atom is -0.274 e. The monoisotopic (exact) mass is 286 g/mol. The molecule has 0 N–H and O–H groups in total. The minimum absolute atomic E-state index is 0.496. The number of pyridine rings is 1. The third-order valence-electron chi connectivity index (χ3n) is 2.11. The molecule has 13 heavy (non-hydrogen) atoms. The summed E-state index contributed by atoms with van der Waals surface area (Å²) in [5.41, 5.74) is 2.22. The molecule has 3 heteroatoms. The maximum absolute atomic E-state index is 4.59. The van der Waals surface area contributed by atoms with Crippen LogP contribution in [0.15, 0.2) is 24.4 Å². The number of hydrogen-bond acceptors (Lipinski definition) is 1. The Balaban J connectivity index is 2.66. The van der Waals surface area contributed by atoms with Gasteiger partial charge in [0.15, 0.2) is 0 Å². The van der Waals surface area contributed by atoms with Crippen molar-refractivity contribution < 1.29 is 0 Å². The highest BCUT2D eigenvalue weighted by Crippen LogP contribution is 2.19. The number of nitrogens with zero attached hydrogens (tertiary/aromatic N) is 2. The third-order valence-corrected chi connectivity index (χ3v) is 2.88. The molecule has 0 radical (unpaired) electrons. The molecular formula is C10H11IN2. The molecule has 68 valence electrons. The van der Waals surface area contributed by atoms with Crippen LogP contribution in [0.3, 0.4) is 0 Å². The molecule has 0 unspecified atom stereocenters. The van der Waals surface area contributed by atoms with Gasteiger partial charge in [-0.25, -0.2) is 4.98 Å². The normalized spacial score (nSPS) is 11.4. The van der Waals surface area contributed by atoms with Crippen LogP contribution in [0.2, 0.25) is 0 Å². The number of aromatic nitrogens is 2. The van der Waals surface area contributed by atoms with Crippen molar-refractivity contribution >= 4 is 33.9 Å². The molecule has 0 aromatic carbocycles. The Kier molecular flexibility index (Phi) is 2.27. The predicted octanol–water partition coefficient (Wildman–Crippen LogP) is 3.36. The van der Waals surface area contributed by atoms with Gasteiger partial charge in [-0.3, -0.25) is 2.78 Å². The van der Waals surface area contributed by atoms with Crippen LogP contribution in [0, 0.1) is 0 Å². The maximum atomic E-state index is 4.59. The van der Waals surface area contributed by atoms with E-state index in [1.165, 1.54) is 5.39 Å². The zero-order valence-electron chi connectivity index (χ0n) is 7.66. The summed E-state index contributed by atoms with van der Waals surface area (Å²) < 4.78 is 2.03. The van der Waals surface area contributed by atoms with Crippen molar-refractivity contribution in [2.24, 2.45) is 0 Å². The predicted molar refractivity (Wildman–Crippen MR) is 63.2 cm³/mol. The number of hydrogen-bond donors (Lipinski definition) is 0. The molecule has 0 amide bonds. The topological polar surface area (TPSA) is 17.8 Å². The van der Waals surface area contributed by atoms with E-state index in [0.29, 0.717) is 5.92 Å². The van der Waals surface area contributed by atoms with Crippen LogP contribution >= 0.6 is 22.9 Å². The summed E-state index contributed by atoms with van der Waals surface area (Å²) in [6.45, 7) is 4.32. The Morgan fingerprint density at radius 1 is 1.31 bits per heavy atom. The summed E-state index contributed by atoms with van der Waals surface area (Å²) in [5, 5.41) is 1.21. The van der Waals surface area contributed by atoms with Crippen LogP contribution in [0.1, 0.15) is 25.5 Å². The van der Waals surface area contributed by atoms with E-state index in [9.17, 15) is 0 Å². The van der Waals surface area contributed by atoms with Gasteiger partial charge in [0, 0.05) is 17.3 Å². The highest BCUT2D eigenvalue weighted by molar-refractivity contribution is 14.1. The first kappa shape index (κ1) is 8.99. The van der Waals surface area contributed by atoms with Crippen LogP contribution in [0.25, 0.3) is 11.0 Å². The second-order valence-corrected chi connectivity index (χ2v) is 4.47. The fraction of sp³-hybridized carbons (Fsp3) is 0.300. The highest BCUT2D eigenvalue weighted by Gasteiger charge is 2.04. The molecule has 0 saturated carbocycles. The largest absolute Gasteiger partial charge is 0.274 e. The molecule has 2 nitrogen and oxygen atoms in total. The van der Waals surface area contributed by atoms with Crippen molar-refractivity contribution in [3.05, 3.63) is 30.1 Å². The molecule has 2 aromatic heterocycles. The summed E-state index contributed by atoms with van der Waals surface area (Å²) >= 11 is 2.25. The van der Waals surface area contributed by atoms with Gasteiger partial charge in [0.25, 0.3) is 0 Å². The summed E-state index contributed by atoms with van der Waals surface area (Å²) in [7, 11) is 0. The van der Waals surface area contributed by atoms with Gasteiger partial charge in [-0.2, -0.15) is 0 Å². The molecule has 0 aliphatic carbocycles. The van der Waals surface area contributed by atoms with Crippen molar-refractivity contribution in [1.29, 1.82) is 0 Å². The number of rotatable bonds is 1. The lowest BCUT2D eigenvalue weighted by Gasteiger charge is -2.03. The van der Waals surface area contributed by atoms with E-state index in [2.05, 4.69) is 59.9 Å². The zero-order chi connectivity index (χ0) is 9.42. The molecule has 2 heterocycles. The average molecular weight is 286 g/mol. The van der Waals surface area contributed by atoms with E-state index >= 15 is 0 Å². The van der Waals surface area contributed by atoms with Crippen molar-refractivity contribution in [1.82, 2.24) is 7.76 Å². The molecule has 2 aromatic rings. The van der Waals surface area contributed by atoms with Crippen LogP contribution in [-0.2, 0) is 0 Å². The highest BCUT2D eigenvalue weighted by atomic mass is 127. The quantitative estimate of drug-likeness (QED) is 0.735. The fourth-order valence-electron chi connectivity index (χ4n) is 1.31. The van der Waals surface area contributed by atoms with E-state index in [0.717, 1.165) is 11.3 Å². The maximum Gasteiger partial charge on any atom is 0.149 e. The Morgan fingerprint density at radius 3 is 2.77 bits per heavy atom. The lowest BCUT2D eigenvalue weighted by atomic mass is 10.1. The first-order valence-corrected chi connectivity index (χ1v) is 5.29. The van der Waals surface area contributed by atoms with Crippen LogP contribution in [0.4, 0.5) is 0 Å². The average Bonchev–Trinajstić information content (AvgIpc) is 2.47. The molecule has 0 spiro atoms. The summed E-state index contributed by atoms with van der Waals surface area (Å²) in [5.74, 6) is 0.496.